The molecule has 2 N–H and O–H groups in total. The Morgan fingerprint density at radius 1 is 0.968 bits per heavy atom. The average molecular weight is 426 g/mol. The molecule has 0 spiro atoms. The first-order valence-corrected chi connectivity index (χ1v) is 9.85. The molecule has 162 valence electrons. The number of carbonyl (C=O) groups is 1. The number of methoxy groups -OCH3 is 1. The number of ether oxygens (including phenoxy) is 2. The SMILES string of the molecule is COc1ccccc1Oc1ccc(NC(C)C(=O)NCCc2ccc(F)cc2)cc1F. The van der Waals surface area contributed by atoms with Crippen molar-refractivity contribution in [1.82, 2.24) is 5.32 Å². The van der Waals surface area contributed by atoms with Gasteiger partial charge in [-0.2, -0.15) is 0 Å². The van der Waals surface area contributed by atoms with E-state index in [1.807, 2.05) is 0 Å². The van der Waals surface area contributed by atoms with Crippen LogP contribution in [-0.2, 0) is 11.2 Å². The summed E-state index contributed by atoms with van der Waals surface area (Å²) in [6, 6.07) is 16.9. The highest BCUT2D eigenvalue weighted by Crippen LogP contribution is 2.33. The van der Waals surface area contributed by atoms with E-state index in [4.69, 9.17) is 9.47 Å². The maximum absolute atomic E-state index is 14.5. The normalized spacial score (nSPS) is 11.5. The third-order valence-electron chi connectivity index (χ3n) is 4.62. The standard InChI is InChI=1S/C24H24F2N2O3/c1-16(24(29)27-14-13-17-7-9-18(25)10-8-17)28-19-11-12-21(20(26)15-19)31-23-6-4-3-5-22(23)30-2/h3-12,15-16,28H,13-14H2,1-2H3,(H,27,29). The van der Waals surface area contributed by atoms with Gasteiger partial charge in [-0.1, -0.05) is 24.3 Å². The van der Waals surface area contributed by atoms with Gasteiger partial charge >= 0.3 is 0 Å². The van der Waals surface area contributed by atoms with Crippen molar-refractivity contribution in [1.29, 1.82) is 0 Å². The molecule has 3 aromatic rings. The van der Waals surface area contributed by atoms with Crippen molar-refractivity contribution in [2.45, 2.75) is 19.4 Å². The molecular formula is C24H24F2N2O3. The van der Waals surface area contributed by atoms with E-state index < -0.39 is 11.9 Å². The van der Waals surface area contributed by atoms with Crippen LogP contribution in [0.2, 0.25) is 0 Å². The van der Waals surface area contributed by atoms with E-state index in [0.29, 0.717) is 30.2 Å². The Bertz CT molecular complexity index is 1030. The number of halogens is 2. The minimum absolute atomic E-state index is 0.0476. The first-order valence-electron chi connectivity index (χ1n) is 9.85. The predicted octanol–water partition coefficient (Wildman–Crippen LogP) is 4.93. The number of amides is 1. The van der Waals surface area contributed by atoms with E-state index in [0.717, 1.165) is 5.56 Å². The summed E-state index contributed by atoms with van der Waals surface area (Å²) in [7, 11) is 1.51. The van der Waals surface area contributed by atoms with Gasteiger partial charge < -0.3 is 20.1 Å². The molecule has 1 amide bonds. The highest BCUT2D eigenvalue weighted by atomic mass is 19.1. The second kappa shape index (κ2) is 10.4. The Kier molecular flexibility index (Phi) is 7.43. The lowest BCUT2D eigenvalue weighted by molar-refractivity contribution is -0.121. The molecular weight excluding hydrogens is 402 g/mol. The van der Waals surface area contributed by atoms with Crippen LogP contribution >= 0.6 is 0 Å². The lowest BCUT2D eigenvalue weighted by atomic mass is 10.1. The van der Waals surface area contributed by atoms with Crippen LogP contribution in [0.3, 0.4) is 0 Å². The summed E-state index contributed by atoms with van der Waals surface area (Å²) in [6.07, 6.45) is 0.586. The van der Waals surface area contributed by atoms with Crippen molar-refractivity contribution >= 4 is 11.6 Å². The Hall–Kier alpha value is -3.61. The summed E-state index contributed by atoms with van der Waals surface area (Å²) in [5.41, 5.74) is 1.38. The summed E-state index contributed by atoms with van der Waals surface area (Å²) in [6.45, 7) is 2.10. The molecule has 5 nitrogen and oxygen atoms in total. The number of benzene rings is 3. The minimum atomic E-state index is -0.575. The quantitative estimate of drug-likeness (QED) is 0.510. The van der Waals surface area contributed by atoms with E-state index in [1.54, 1.807) is 49.4 Å². The van der Waals surface area contributed by atoms with Crippen molar-refractivity contribution in [2.75, 3.05) is 19.0 Å². The first kappa shape index (κ1) is 22.1. The third kappa shape index (κ3) is 6.18. The molecule has 0 heterocycles. The van der Waals surface area contributed by atoms with Crippen LogP contribution in [0.15, 0.2) is 66.7 Å². The molecule has 0 aliphatic carbocycles. The second-order valence-corrected chi connectivity index (χ2v) is 6.93. The summed E-state index contributed by atoms with van der Waals surface area (Å²) in [5, 5.41) is 5.78. The fourth-order valence-corrected chi connectivity index (χ4v) is 2.94. The second-order valence-electron chi connectivity index (χ2n) is 6.93. The molecule has 0 aromatic heterocycles. The number of para-hydroxylation sites is 2. The zero-order chi connectivity index (χ0) is 22.2. The highest BCUT2D eigenvalue weighted by Gasteiger charge is 2.14. The Morgan fingerprint density at radius 2 is 1.68 bits per heavy atom. The van der Waals surface area contributed by atoms with E-state index in [2.05, 4.69) is 10.6 Å². The zero-order valence-electron chi connectivity index (χ0n) is 17.3. The number of hydrogen-bond acceptors (Lipinski definition) is 4. The minimum Gasteiger partial charge on any atom is -0.493 e. The van der Waals surface area contributed by atoms with E-state index in [9.17, 15) is 13.6 Å². The van der Waals surface area contributed by atoms with Gasteiger partial charge in [0, 0.05) is 18.3 Å². The molecule has 0 fully saturated rings. The Labute approximate surface area is 180 Å². The molecule has 0 bridgehead atoms. The number of carbonyl (C=O) groups excluding carboxylic acids is 1. The van der Waals surface area contributed by atoms with Crippen LogP contribution in [0, 0.1) is 11.6 Å². The Balaban J connectivity index is 1.53. The molecule has 7 heteroatoms. The van der Waals surface area contributed by atoms with Crippen molar-refractivity contribution in [3.8, 4) is 17.2 Å². The van der Waals surface area contributed by atoms with Crippen LogP contribution in [0.1, 0.15) is 12.5 Å². The van der Waals surface area contributed by atoms with Crippen molar-refractivity contribution < 1.29 is 23.0 Å². The van der Waals surface area contributed by atoms with Gasteiger partial charge in [0.05, 0.1) is 7.11 Å². The van der Waals surface area contributed by atoms with Gasteiger partial charge in [-0.3, -0.25) is 4.79 Å². The smallest absolute Gasteiger partial charge is 0.242 e. The van der Waals surface area contributed by atoms with Crippen molar-refractivity contribution in [2.24, 2.45) is 0 Å². The summed E-state index contributed by atoms with van der Waals surface area (Å²) < 4.78 is 38.3. The van der Waals surface area contributed by atoms with E-state index in [-0.39, 0.29) is 17.5 Å². The van der Waals surface area contributed by atoms with Crippen LogP contribution in [-0.4, -0.2) is 25.6 Å². The van der Waals surface area contributed by atoms with Crippen LogP contribution in [0.25, 0.3) is 0 Å². The Morgan fingerprint density at radius 3 is 2.35 bits per heavy atom. The highest BCUT2D eigenvalue weighted by molar-refractivity contribution is 5.84. The average Bonchev–Trinajstić information content (AvgIpc) is 2.77. The molecule has 0 radical (unpaired) electrons. The molecule has 31 heavy (non-hydrogen) atoms. The molecule has 3 aromatic carbocycles. The fourth-order valence-electron chi connectivity index (χ4n) is 2.94. The number of hydrogen-bond donors (Lipinski definition) is 2. The lowest BCUT2D eigenvalue weighted by Crippen LogP contribution is -2.38. The molecule has 1 unspecified atom stereocenters. The number of rotatable bonds is 9. The zero-order valence-corrected chi connectivity index (χ0v) is 17.3. The molecule has 1 atom stereocenters. The lowest BCUT2D eigenvalue weighted by Gasteiger charge is -2.16. The monoisotopic (exact) mass is 426 g/mol. The molecule has 0 saturated carbocycles. The van der Waals surface area contributed by atoms with Crippen molar-refractivity contribution in [3.05, 3.63) is 83.9 Å². The maximum Gasteiger partial charge on any atom is 0.242 e. The van der Waals surface area contributed by atoms with Gasteiger partial charge in [0.2, 0.25) is 5.91 Å². The van der Waals surface area contributed by atoms with E-state index >= 15 is 0 Å². The van der Waals surface area contributed by atoms with Gasteiger partial charge in [-0.15, -0.1) is 0 Å². The summed E-state index contributed by atoms with van der Waals surface area (Å²) >= 11 is 0. The molecule has 0 saturated heterocycles. The first-order chi connectivity index (χ1) is 15.0. The van der Waals surface area contributed by atoms with Gasteiger partial charge in [-0.25, -0.2) is 8.78 Å². The largest absolute Gasteiger partial charge is 0.493 e. The fraction of sp³-hybridized carbons (Fsp3) is 0.208. The summed E-state index contributed by atoms with van der Waals surface area (Å²) in [4.78, 5) is 12.3. The van der Waals surface area contributed by atoms with Crippen molar-refractivity contribution in [3.63, 3.8) is 0 Å². The van der Waals surface area contributed by atoms with E-state index in [1.165, 1.54) is 31.4 Å². The van der Waals surface area contributed by atoms with Gasteiger partial charge in [0.15, 0.2) is 23.1 Å². The van der Waals surface area contributed by atoms with Crippen LogP contribution in [0.5, 0.6) is 17.2 Å². The third-order valence-corrected chi connectivity index (χ3v) is 4.62. The van der Waals surface area contributed by atoms with Gasteiger partial charge in [0.25, 0.3) is 0 Å². The number of anilines is 1. The van der Waals surface area contributed by atoms with Gasteiger partial charge in [-0.05, 0) is 55.3 Å². The summed E-state index contributed by atoms with van der Waals surface area (Å²) in [5.74, 6) is -0.145. The molecule has 3 rings (SSSR count). The molecule has 0 aliphatic rings. The van der Waals surface area contributed by atoms with Crippen LogP contribution < -0.4 is 20.1 Å². The molecule has 0 aliphatic heterocycles. The number of nitrogens with one attached hydrogen (secondary N) is 2. The predicted molar refractivity (Wildman–Crippen MR) is 116 cm³/mol. The topological polar surface area (TPSA) is 59.6 Å². The maximum atomic E-state index is 14.5. The van der Waals surface area contributed by atoms with Crippen LogP contribution in [0.4, 0.5) is 14.5 Å². The van der Waals surface area contributed by atoms with Gasteiger partial charge in [0.1, 0.15) is 11.9 Å².